The van der Waals surface area contributed by atoms with Crippen LogP contribution in [0, 0.1) is 6.92 Å². The summed E-state index contributed by atoms with van der Waals surface area (Å²) in [5, 5.41) is 2.94. The number of amides is 1. The molecule has 0 spiro atoms. The van der Waals surface area contributed by atoms with E-state index < -0.39 is 0 Å². The van der Waals surface area contributed by atoms with Crippen molar-refractivity contribution in [3.8, 4) is 22.1 Å². The third-order valence-corrected chi connectivity index (χ3v) is 6.16. The summed E-state index contributed by atoms with van der Waals surface area (Å²) in [7, 11) is 3.27. The average molecular weight is 409 g/mol. The number of ether oxygens (including phenoxy) is 2. The van der Waals surface area contributed by atoms with Crippen LogP contribution in [0.3, 0.4) is 0 Å². The van der Waals surface area contributed by atoms with E-state index in [1.54, 1.807) is 25.6 Å². The number of hydrogen-bond donors (Lipinski definition) is 0. The fourth-order valence-electron chi connectivity index (χ4n) is 3.66. The first kappa shape index (κ1) is 19.5. The van der Waals surface area contributed by atoms with E-state index in [-0.39, 0.29) is 5.91 Å². The predicted octanol–water partition coefficient (Wildman–Crippen LogP) is 4.26. The van der Waals surface area contributed by atoms with Crippen LogP contribution in [0.5, 0.6) is 11.5 Å². The molecule has 6 heteroatoms. The van der Waals surface area contributed by atoms with Crippen molar-refractivity contribution in [3.05, 3.63) is 64.2 Å². The van der Waals surface area contributed by atoms with Gasteiger partial charge in [0.1, 0.15) is 5.01 Å². The molecule has 0 bridgehead atoms. The Bertz CT molecular complexity index is 1040. The molecule has 0 atom stereocenters. The Kier molecular flexibility index (Phi) is 5.53. The lowest BCUT2D eigenvalue weighted by atomic mass is 9.98. The number of methoxy groups -OCH3 is 2. The third kappa shape index (κ3) is 4.12. The second kappa shape index (κ2) is 8.25. The van der Waals surface area contributed by atoms with Crippen LogP contribution in [-0.2, 0) is 24.2 Å². The molecule has 29 heavy (non-hydrogen) atoms. The summed E-state index contributed by atoms with van der Waals surface area (Å²) in [5.41, 5.74) is 5.45. The Morgan fingerprint density at radius 2 is 1.90 bits per heavy atom. The number of fused-ring (bicyclic) bond motifs is 1. The second-order valence-corrected chi connectivity index (χ2v) is 8.09. The molecule has 0 saturated carbocycles. The Morgan fingerprint density at radius 1 is 1.14 bits per heavy atom. The zero-order valence-corrected chi connectivity index (χ0v) is 17.7. The van der Waals surface area contributed by atoms with Crippen molar-refractivity contribution in [2.75, 3.05) is 20.8 Å². The van der Waals surface area contributed by atoms with Crippen molar-refractivity contribution in [3.63, 3.8) is 0 Å². The van der Waals surface area contributed by atoms with E-state index in [9.17, 15) is 4.79 Å². The van der Waals surface area contributed by atoms with Crippen molar-refractivity contribution in [2.24, 2.45) is 0 Å². The molecule has 5 nitrogen and oxygen atoms in total. The minimum absolute atomic E-state index is 0.103. The third-order valence-electron chi connectivity index (χ3n) is 5.22. The summed E-state index contributed by atoms with van der Waals surface area (Å²) in [4.78, 5) is 19.5. The number of rotatable bonds is 5. The first-order valence-corrected chi connectivity index (χ1v) is 10.5. The van der Waals surface area contributed by atoms with E-state index in [2.05, 4.69) is 30.1 Å². The van der Waals surface area contributed by atoms with Crippen LogP contribution in [-0.4, -0.2) is 36.6 Å². The maximum absolute atomic E-state index is 12.9. The average Bonchev–Trinajstić information content (AvgIpc) is 3.20. The van der Waals surface area contributed by atoms with Gasteiger partial charge in [-0.2, -0.15) is 0 Å². The number of benzene rings is 2. The molecule has 1 aliphatic rings. The minimum Gasteiger partial charge on any atom is -0.493 e. The summed E-state index contributed by atoms with van der Waals surface area (Å²) in [6.45, 7) is 3.36. The maximum atomic E-state index is 12.9. The molecule has 0 unspecified atom stereocenters. The second-order valence-electron chi connectivity index (χ2n) is 7.23. The molecule has 1 aliphatic heterocycles. The highest BCUT2D eigenvalue weighted by Crippen LogP contribution is 2.33. The number of carbonyl (C=O) groups excluding carboxylic acids is 1. The molecule has 3 aromatic rings. The Hall–Kier alpha value is -2.86. The van der Waals surface area contributed by atoms with E-state index in [0.717, 1.165) is 34.0 Å². The zero-order valence-electron chi connectivity index (χ0n) is 16.9. The van der Waals surface area contributed by atoms with Gasteiger partial charge in [-0.3, -0.25) is 4.79 Å². The number of hydrogen-bond acceptors (Lipinski definition) is 5. The fraction of sp³-hybridized carbons (Fsp3) is 0.304. The van der Waals surface area contributed by atoms with Crippen molar-refractivity contribution in [2.45, 2.75) is 26.3 Å². The number of carbonyl (C=O) groups is 1. The van der Waals surface area contributed by atoms with Gasteiger partial charge in [0.2, 0.25) is 5.91 Å². The summed E-state index contributed by atoms with van der Waals surface area (Å²) in [6, 6.07) is 12.3. The van der Waals surface area contributed by atoms with Crippen LogP contribution in [0.2, 0.25) is 0 Å². The number of aromatic nitrogens is 1. The summed E-state index contributed by atoms with van der Waals surface area (Å²) >= 11 is 1.59. The quantitative estimate of drug-likeness (QED) is 0.633. The van der Waals surface area contributed by atoms with Crippen LogP contribution in [0.25, 0.3) is 10.6 Å². The van der Waals surface area contributed by atoms with E-state index in [0.29, 0.717) is 25.3 Å². The Labute approximate surface area is 174 Å². The molecule has 0 radical (unpaired) electrons. The molecule has 0 aliphatic carbocycles. The lowest BCUT2D eigenvalue weighted by Crippen LogP contribution is -2.37. The molecule has 0 fully saturated rings. The largest absolute Gasteiger partial charge is 0.493 e. The molecule has 150 valence electrons. The minimum atomic E-state index is 0.103. The van der Waals surface area contributed by atoms with Gasteiger partial charge in [-0.15, -0.1) is 11.3 Å². The number of thiazole rings is 1. The van der Waals surface area contributed by atoms with Crippen LogP contribution in [0.15, 0.2) is 41.8 Å². The highest BCUT2D eigenvalue weighted by molar-refractivity contribution is 7.13. The molecular formula is C23H24N2O3S. The highest BCUT2D eigenvalue weighted by atomic mass is 32.1. The molecule has 2 aromatic carbocycles. The highest BCUT2D eigenvalue weighted by Gasteiger charge is 2.23. The Morgan fingerprint density at radius 3 is 2.62 bits per heavy atom. The Balaban J connectivity index is 1.46. The van der Waals surface area contributed by atoms with Crippen LogP contribution < -0.4 is 9.47 Å². The topological polar surface area (TPSA) is 51.7 Å². The van der Waals surface area contributed by atoms with Gasteiger partial charge in [-0.1, -0.05) is 23.8 Å². The SMILES string of the molecule is COc1cc2c(cc1OC)CN(C(=O)Cc1csc(-c3cccc(C)c3)n1)CC2. The van der Waals surface area contributed by atoms with Crippen LogP contribution >= 0.6 is 11.3 Å². The number of nitrogens with zero attached hydrogens (tertiary/aromatic N) is 2. The standard InChI is InChI=1S/C23H24N2O3S/c1-15-5-4-6-17(9-15)23-24-19(14-29-23)12-22(26)25-8-7-16-10-20(27-2)21(28-3)11-18(16)13-25/h4-6,9-11,14H,7-8,12-13H2,1-3H3. The van der Waals surface area contributed by atoms with Crippen molar-refractivity contribution < 1.29 is 14.3 Å². The fourth-order valence-corrected chi connectivity index (χ4v) is 4.48. The van der Waals surface area contributed by atoms with Gasteiger partial charge < -0.3 is 14.4 Å². The van der Waals surface area contributed by atoms with Gasteiger partial charge in [0.15, 0.2) is 11.5 Å². The molecule has 1 aromatic heterocycles. The molecule has 4 rings (SSSR count). The first-order chi connectivity index (χ1) is 14.1. The van der Waals surface area contributed by atoms with Crippen molar-refractivity contribution >= 4 is 17.2 Å². The summed E-state index contributed by atoms with van der Waals surface area (Å²) in [6.07, 6.45) is 1.14. The summed E-state index contributed by atoms with van der Waals surface area (Å²) in [5.74, 6) is 1.53. The van der Waals surface area contributed by atoms with Gasteiger partial charge in [-0.05, 0) is 42.7 Å². The van der Waals surface area contributed by atoms with Crippen LogP contribution in [0.4, 0.5) is 0 Å². The maximum Gasteiger partial charge on any atom is 0.228 e. The van der Waals surface area contributed by atoms with Gasteiger partial charge in [0, 0.05) is 24.0 Å². The van der Waals surface area contributed by atoms with Gasteiger partial charge in [0.25, 0.3) is 0 Å². The van der Waals surface area contributed by atoms with E-state index in [1.807, 2.05) is 28.5 Å². The molecule has 0 N–H and O–H groups in total. The van der Waals surface area contributed by atoms with E-state index >= 15 is 0 Å². The normalized spacial score (nSPS) is 13.1. The van der Waals surface area contributed by atoms with E-state index in [1.165, 1.54) is 11.1 Å². The van der Waals surface area contributed by atoms with Gasteiger partial charge in [-0.25, -0.2) is 4.98 Å². The molecular weight excluding hydrogens is 384 g/mol. The lowest BCUT2D eigenvalue weighted by Gasteiger charge is -2.29. The van der Waals surface area contributed by atoms with Gasteiger partial charge >= 0.3 is 0 Å². The van der Waals surface area contributed by atoms with Gasteiger partial charge in [0.05, 0.1) is 26.3 Å². The first-order valence-electron chi connectivity index (χ1n) is 9.60. The van der Waals surface area contributed by atoms with Crippen LogP contribution in [0.1, 0.15) is 22.4 Å². The molecule has 1 amide bonds. The monoisotopic (exact) mass is 408 g/mol. The van der Waals surface area contributed by atoms with Crippen molar-refractivity contribution in [1.82, 2.24) is 9.88 Å². The summed E-state index contributed by atoms with van der Waals surface area (Å²) < 4.78 is 10.8. The predicted molar refractivity (Wildman–Crippen MR) is 115 cm³/mol. The lowest BCUT2D eigenvalue weighted by molar-refractivity contribution is -0.131. The van der Waals surface area contributed by atoms with E-state index in [4.69, 9.17) is 9.47 Å². The molecule has 2 heterocycles. The molecule has 0 saturated heterocycles. The number of aryl methyl sites for hydroxylation is 1. The zero-order chi connectivity index (χ0) is 20.4. The smallest absolute Gasteiger partial charge is 0.228 e. The van der Waals surface area contributed by atoms with Crippen molar-refractivity contribution in [1.29, 1.82) is 0 Å².